The van der Waals surface area contributed by atoms with Crippen LogP contribution in [0, 0.1) is 11.3 Å². The van der Waals surface area contributed by atoms with Crippen molar-refractivity contribution in [2.45, 2.75) is 64.8 Å². The summed E-state index contributed by atoms with van der Waals surface area (Å²) in [5, 5.41) is 9.20. The fourth-order valence-corrected chi connectivity index (χ4v) is 3.01. The number of hydrogen-bond acceptors (Lipinski definition) is 4. The van der Waals surface area contributed by atoms with Crippen molar-refractivity contribution in [1.82, 2.24) is 4.90 Å². The van der Waals surface area contributed by atoms with Crippen LogP contribution < -0.4 is 0 Å². The highest BCUT2D eigenvalue weighted by Gasteiger charge is 2.36. The molecule has 0 unspecified atom stereocenters. The minimum atomic E-state index is -0.478. The van der Waals surface area contributed by atoms with Crippen LogP contribution in [-0.2, 0) is 16.1 Å². The molecule has 5 heteroatoms. The zero-order valence-corrected chi connectivity index (χ0v) is 15.7. The lowest BCUT2D eigenvalue weighted by atomic mass is 9.88. The third-order valence-corrected chi connectivity index (χ3v) is 4.64. The molecule has 1 heterocycles. The fourth-order valence-electron chi connectivity index (χ4n) is 3.01. The second kappa shape index (κ2) is 7.88. The third-order valence-electron chi connectivity index (χ3n) is 4.64. The number of carbonyl (C=O) groups is 1. The van der Waals surface area contributed by atoms with E-state index in [4.69, 9.17) is 9.47 Å². The Labute approximate surface area is 150 Å². The normalized spacial score (nSPS) is 17.0. The molecule has 1 aliphatic rings. The maximum absolute atomic E-state index is 12.2. The van der Waals surface area contributed by atoms with Crippen molar-refractivity contribution in [3.8, 4) is 6.07 Å². The summed E-state index contributed by atoms with van der Waals surface area (Å²) in [5.41, 5.74) is 0.835. The van der Waals surface area contributed by atoms with Crippen LogP contribution in [0.4, 0.5) is 4.79 Å². The molecule has 1 saturated heterocycles. The zero-order valence-electron chi connectivity index (χ0n) is 15.7. The van der Waals surface area contributed by atoms with Gasteiger partial charge in [-0.3, -0.25) is 0 Å². The van der Waals surface area contributed by atoms with Gasteiger partial charge in [-0.1, -0.05) is 25.1 Å². The number of amides is 1. The Morgan fingerprint density at radius 1 is 1.28 bits per heavy atom. The smallest absolute Gasteiger partial charge is 0.410 e. The van der Waals surface area contributed by atoms with Crippen molar-refractivity contribution < 1.29 is 14.3 Å². The van der Waals surface area contributed by atoms with E-state index in [-0.39, 0.29) is 11.7 Å². The summed E-state index contributed by atoms with van der Waals surface area (Å²) in [5.74, 6) is 0. The van der Waals surface area contributed by atoms with Crippen LogP contribution in [0.15, 0.2) is 24.3 Å². The molecule has 2 rings (SSSR count). The van der Waals surface area contributed by atoms with Gasteiger partial charge in [-0.05, 0) is 51.7 Å². The first-order chi connectivity index (χ1) is 11.8. The van der Waals surface area contributed by atoms with Crippen LogP contribution in [0.3, 0.4) is 0 Å². The SMILES string of the molecule is CCC1(OCc2ccccc2C#N)CCN(C(=O)OC(C)(C)C)CC1. The monoisotopic (exact) mass is 344 g/mol. The molecule has 0 aromatic heterocycles. The number of carbonyl (C=O) groups excluding carboxylic acids is 1. The number of hydrogen-bond donors (Lipinski definition) is 0. The maximum Gasteiger partial charge on any atom is 0.410 e. The van der Waals surface area contributed by atoms with E-state index in [2.05, 4.69) is 13.0 Å². The predicted molar refractivity (Wildman–Crippen MR) is 96.0 cm³/mol. The van der Waals surface area contributed by atoms with Gasteiger partial charge in [-0.2, -0.15) is 5.26 Å². The van der Waals surface area contributed by atoms with Crippen LogP contribution >= 0.6 is 0 Å². The van der Waals surface area contributed by atoms with Crippen molar-refractivity contribution in [3.63, 3.8) is 0 Å². The first-order valence-electron chi connectivity index (χ1n) is 8.88. The van der Waals surface area contributed by atoms with E-state index in [9.17, 15) is 10.1 Å². The van der Waals surface area contributed by atoms with Gasteiger partial charge in [0.05, 0.1) is 23.8 Å². The van der Waals surface area contributed by atoms with Crippen LogP contribution in [0.1, 0.15) is 58.1 Å². The van der Waals surface area contributed by atoms with Crippen LogP contribution in [-0.4, -0.2) is 35.3 Å². The van der Waals surface area contributed by atoms with Crippen molar-refractivity contribution in [2.24, 2.45) is 0 Å². The first kappa shape index (κ1) is 19.3. The number of nitriles is 1. The van der Waals surface area contributed by atoms with Gasteiger partial charge in [0.2, 0.25) is 0 Å². The molecule has 0 saturated carbocycles. The molecule has 25 heavy (non-hydrogen) atoms. The largest absolute Gasteiger partial charge is 0.444 e. The highest BCUT2D eigenvalue weighted by molar-refractivity contribution is 5.68. The minimum Gasteiger partial charge on any atom is -0.444 e. The molecule has 0 bridgehead atoms. The van der Waals surface area contributed by atoms with E-state index in [1.54, 1.807) is 4.90 Å². The molecule has 1 fully saturated rings. The van der Waals surface area contributed by atoms with Crippen LogP contribution in [0.5, 0.6) is 0 Å². The molecule has 1 aromatic carbocycles. The molecule has 1 aromatic rings. The van der Waals surface area contributed by atoms with Gasteiger partial charge < -0.3 is 14.4 Å². The van der Waals surface area contributed by atoms with Crippen molar-refractivity contribution in [3.05, 3.63) is 35.4 Å². The number of benzene rings is 1. The van der Waals surface area contributed by atoms with E-state index in [0.29, 0.717) is 25.3 Å². The summed E-state index contributed by atoms with van der Waals surface area (Å²) in [4.78, 5) is 14.0. The predicted octanol–water partition coefficient (Wildman–Crippen LogP) is 4.25. The second-order valence-corrected chi connectivity index (χ2v) is 7.56. The quantitative estimate of drug-likeness (QED) is 0.819. The van der Waals surface area contributed by atoms with Gasteiger partial charge in [-0.15, -0.1) is 0 Å². The van der Waals surface area contributed by atoms with Gasteiger partial charge in [0, 0.05) is 13.1 Å². The standard InChI is InChI=1S/C20H28N2O3/c1-5-20(24-15-17-9-7-6-8-16(17)14-21)10-12-22(13-11-20)18(23)25-19(2,3)4/h6-9H,5,10-13,15H2,1-4H3. The number of likely N-dealkylation sites (tertiary alicyclic amines) is 1. The van der Waals surface area contributed by atoms with Crippen molar-refractivity contribution in [2.75, 3.05) is 13.1 Å². The number of rotatable bonds is 4. The summed E-state index contributed by atoms with van der Waals surface area (Å²) in [6.07, 6.45) is 2.17. The van der Waals surface area contributed by atoms with E-state index in [0.717, 1.165) is 24.8 Å². The van der Waals surface area contributed by atoms with Gasteiger partial charge in [0.1, 0.15) is 5.60 Å². The van der Waals surface area contributed by atoms with Crippen LogP contribution in [0.25, 0.3) is 0 Å². The molecule has 0 spiro atoms. The minimum absolute atomic E-state index is 0.249. The van der Waals surface area contributed by atoms with Crippen molar-refractivity contribution in [1.29, 1.82) is 5.26 Å². The van der Waals surface area contributed by atoms with E-state index < -0.39 is 5.60 Å². The summed E-state index contributed by atoms with van der Waals surface area (Å²) < 4.78 is 11.7. The highest BCUT2D eigenvalue weighted by atomic mass is 16.6. The van der Waals surface area contributed by atoms with Gasteiger partial charge in [-0.25, -0.2) is 4.79 Å². The fraction of sp³-hybridized carbons (Fsp3) is 0.600. The topological polar surface area (TPSA) is 62.6 Å². The average Bonchev–Trinajstić information content (AvgIpc) is 2.59. The molecule has 1 aliphatic heterocycles. The van der Waals surface area contributed by atoms with Gasteiger partial charge >= 0.3 is 6.09 Å². The van der Waals surface area contributed by atoms with Crippen LogP contribution in [0.2, 0.25) is 0 Å². The lowest BCUT2D eigenvalue weighted by Gasteiger charge is -2.41. The molecule has 0 radical (unpaired) electrons. The average molecular weight is 344 g/mol. The number of ether oxygens (including phenoxy) is 2. The maximum atomic E-state index is 12.2. The second-order valence-electron chi connectivity index (χ2n) is 7.56. The Hall–Kier alpha value is -2.06. The molecule has 0 aliphatic carbocycles. The number of nitrogens with zero attached hydrogens (tertiary/aromatic N) is 2. The summed E-state index contributed by atoms with van der Waals surface area (Å²) in [6, 6.07) is 9.72. The van der Waals surface area contributed by atoms with Gasteiger partial charge in [0.25, 0.3) is 0 Å². The lowest BCUT2D eigenvalue weighted by Crippen LogP contribution is -2.49. The van der Waals surface area contributed by atoms with E-state index in [1.165, 1.54) is 0 Å². The Morgan fingerprint density at radius 3 is 2.48 bits per heavy atom. The Balaban J connectivity index is 1.95. The third kappa shape index (κ3) is 5.20. The molecule has 5 nitrogen and oxygen atoms in total. The highest BCUT2D eigenvalue weighted by Crippen LogP contribution is 2.31. The summed E-state index contributed by atoms with van der Waals surface area (Å²) >= 11 is 0. The Bertz CT molecular complexity index is 635. The van der Waals surface area contributed by atoms with E-state index >= 15 is 0 Å². The van der Waals surface area contributed by atoms with E-state index in [1.807, 2.05) is 45.0 Å². The summed E-state index contributed by atoms with van der Waals surface area (Å²) in [6.45, 7) is 9.41. The Kier molecular flexibility index (Phi) is 6.07. The molecular weight excluding hydrogens is 316 g/mol. The molecule has 1 amide bonds. The lowest BCUT2D eigenvalue weighted by molar-refractivity contribution is -0.0955. The summed E-state index contributed by atoms with van der Waals surface area (Å²) in [7, 11) is 0. The number of piperidine rings is 1. The molecule has 136 valence electrons. The van der Waals surface area contributed by atoms with Crippen molar-refractivity contribution >= 4 is 6.09 Å². The molecule has 0 atom stereocenters. The van der Waals surface area contributed by atoms with Gasteiger partial charge in [0.15, 0.2) is 0 Å². The zero-order chi connectivity index (χ0) is 18.5. The molecular formula is C20H28N2O3. The Morgan fingerprint density at radius 2 is 1.92 bits per heavy atom. The first-order valence-corrected chi connectivity index (χ1v) is 8.88. The molecule has 0 N–H and O–H groups in total.